The average molecular weight is 350 g/mol. The highest BCUT2D eigenvalue weighted by atomic mass is 19.2. The second-order valence-electron chi connectivity index (χ2n) is 6.16. The van der Waals surface area contributed by atoms with E-state index in [1.54, 1.807) is 12.1 Å². The van der Waals surface area contributed by atoms with Gasteiger partial charge in [0.15, 0.2) is 11.6 Å². The van der Waals surface area contributed by atoms with Gasteiger partial charge in [-0.15, -0.1) is 0 Å². The molecule has 1 N–H and O–H groups in total. The fourth-order valence-corrected chi connectivity index (χ4v) is 3.17. The molecule has 0 fully saturated rings. The van der Waals surface area contributed by atoms with Gasteiger partial charge in [-0.1, -0.05) is 18.2 Å². The smallest absolute Gasteiger partial charge is 0.255 e. The summed E-state index contributed by atoms with van der Waals surface area (Å²) >= 11 is 0. The van der Waals surface area contributed by atoms with Crippen molar-refractivity contribution in [3.63, 3.8) is 0 Å². The molecule has 1 amide bonds. The first kappa shape index (κ1) is 16.3. The van der Waals surface area contributed by atoms with Crippen LogP contribution in [0.25, 0.3) is 0 Å². The van der Waals surface area contributed by atoms with E-state index in [4.69, 9.17) is 0 Å². The lowest BCUT2D eigenvalue weighted by molar-refractivity contribution is 0.102. The maximum absolute atomic E-state index is 13.3. The third kappa shape index (κ3) is 3.04. The van der Waals surface area contributed by atoms with Crippen molar-refractivity contribution in [3.8, 4) is 0 Å². The summed E-state index contributed by atoms with van der Waals surface area (Å²) in [6, 6.07) is 18.8. The van der Waals surface area contributed by atoms with E-state index in [1.807, 2.05) is 24.3 Å². The number of halogens is 2. The standard InChI is InChI=1S/C21H16F2N2O/c22-18-10-5-15(13-19(18)23)21(26)24-16-6-8-17(9-7-16)25-12-11-14-3-1-2-4-20(14)25/h1-10,13H,11-12H2,(H,24,26). The SMILES string of the molecule is O=C(Nc1ccc(N2CCc3ccccc32)cc1)c1ccc(F)c(F)c1. The molecular weight excluding hydrogens is 334 g/mol. The lowest BCUT2D eigenvalue weighted by Gasteiger charge is -2.20. The van der Waals surface area contributed by atoms with Crippen LogP contribution in [0.3, 0.4) is 0 Å². The number of amides is 1. The first-order valence-corrected chi connectivity index (χ1v) is 8.34. The average Bonchev–Trinajstić information content (AvgIpc) is 3.09. The zero-order valence-electron chi connectivity index (χ0n) is 13.9. The summed E-state index contributed by atoms with van der Waals surface area (Å²) in [7, 11) is 0. The lowest BCUT2D eigenvalue weighted by atomic mass is 10.1. The minimum Gasteiger partial charge on any atom is -0.341 e. The molecular formula is C21H16F2N2O. The van der Waals surface area contributed by atoms with E-state index in [0.29, 0.717) is 5.69 Å². The third-order valence-corrected chi connectivity index (χ3v) is 4.51. The van der Waals surface area contributed by atoms with E-state index < -0.39 is 17.5 Å². The highest BCUT2D eigenvalue weighted by Gasteiger charge is 2.19. The predicted octanol–water partition coefficient (Wildman–Crippen LogP) is 4.91. The Labute approximate surface area is 149 Å². The fraction of sp³-hybridized carbons (Fsp3) is 0.0952. The van der Waals surface area contributed by atoms with Gasteiger partial charge in [0.2, 0.25) is 0 Å². The zero-order chi connectivity index (χ0) is 18.1. The summed E-state index contributed by atoms with van der Waals surface area (Å²) in [4.78, 5) is 14.4. The molecule has 3 aromatic carbocycles. The van der Waals surface area contributed by atoms with Crippen molar-refractivity contribution in [2.24, 2.45) is 0 Å². The van der Waals surface area contributed by atoms with Crippen LogP contribution in [0.4, 0.5) is 25.8 Å². The van der Waals surface area contributed by atoms with E-state index in [1.165, 1.54) is 17.3 Å². The minimum absolute atomic E-state index is 0.0708. The van der Waals surface area contributed by atoms with Gasteiger partial charge < -0.3 is 10.2 Å². The van der Waals surface area contributed by atoms with Gasteiger partial charge in [-0.3, -0.25) is 4.79 Å². The fourth-order valence-electron chi connectivity index (χ4n) is 3.17. The quantitative estimate of drug-likeness (QED) is 0.728. The molecule has 0 aliphatic carbocycles. The van der Waals surface area contributed by atoms with Crippen LogP contribution in [-0.4, -0.2) is 12.5 Å². The molecule has 4 rings (SSSR count). The van der Waals surface area contributed by atoms with Crippen molar-refractivity contribution in [3.05, 3.63) is 89.5 Å². The summed E-state index contributed by atoms with van der Waals surface area (Å²) in [6.45, 7) is 0.917. The van der Waals surface area contributed by atoms with Gasteiger partial charge in [0.1, 0.15) is 0 Å². The Morgan fingerprint density at radius 2 is 1.69 bits per heavy atom. The van der Waals surface area contributed by atoms with Crippen LogP contribution in [0.5, 0.6) is 0 Å². The summed E-state index contributed by atoms with van der Waals surface area (Å²) in [5.41, 5.74) is 4.23. The first-order valence-electron chi connectivity index (χ1n) is 8.34. The Bertz CT molecular complexity index is 970. The molecule has 0 saturated heterocycles. The molecule has 3 aromatic rings. The summed E-state index contributed by atoms with van der Waals surface area (Å²) in [6.07, 6.45) is 1.00. The van der Waals surface area contributed by atoms with Crippen molar-refractivity contribution in [1.82, 2.24) is 0 Å². The van der Waals surface area contributed by atoms with Crippen LogP contribution in [0.2, 0.25) is 0 Å². The molecule has 1 aliphatic rings. The van der Waals surface area contributed by atoms with Crippen LogP contribution in [0.15, 0.2) is 66.7 Å². The van der Waals surface area contributed by atoms with E-state index >= 15 is 0 Å². The molecule has 26 heavy (non-hydrogen) atoms. The van der Waals surface area contributed by atoms with Crippen LogP contribution in [-0.2, 0) is 6.42 Å². The summed E-state index contributed by atoms with van der Waals surface area (Å²) in [5.74, 6) is -2.50. The van der Waals surface area contributed by atoms with Crippen molar-refractivity contribution in [2.75, 3.05) is 16.8 Å². The molecule has 0 aromatic heterocycles. The van der Waals surface area contributed by atoms with E-state index in [0.717, 1.165) is 30.8 Å². The number of carbonyl (C=O) groups excluding carboxylic acids is 1. The van der Waals surface area contributed by atoms with Gasteiger partial charge in [0.05, 0.1) is 0 Å². The number of benzene rings is 3. The minimum atomic E-state index is -1.04. The van der Waals surface area contributed by atoms with Gasteiger partial charge in [-0.25, -0.2) is 8.78 Å². The highest BCUT2D eigenvalue weighted by molar-refractivity contribution is 6.04. The Morgan fingerprint density at radius 1 is 0.923 bits per heavy atom. The molecule has 3 nitrogen and oxygen atoms in total. The molecule has 5 heteroatoms. The molecule has 0 unspecified atom stereocenters. The number of para-hydroxylation sites is 1. The van der Waals surface area contributed by atoms with Crippen molar-refractivity contribution < 1.29 is 13.6 Å². The Morgan fingerprint density at radius 3 is 2.46 bits per heavy atom. The number of anilines is 3. The number of nitrogens with zero attached hydrogens (tertiary/aromatic N) is 1. The summed E-state index contributed by atoms with van der Waals surface area (Å²) < 4.78 is 26.2. The molecule has 0 radical (unpaired) electrons. The monoisotopic (exact) mass is 350 g/mol. The van der Waals surface area contributed by atoms with E-state index in [9.17, 15) is 13.6 Å². The van der Waals surface area contributed by atoms with Gasteiger partial charge in [0, 0.05) is 29.2 Å². The number of carbonyl (C=O) groups is 1. The number of fused-ring (bicyclic) bond motifs is 1. The van der Waals surface area contributed by atoms with Gasteiger partial charge in [-0.05, 0) is 60.5 Å². The molecule has 1 heterocycles. The maximum atomic E-state index is 13.3. The molecule has 1 aliphatic heterocycles. The normalized spacial score (nSPS) is 12.8. The van der Waals surface area contributed by atoms with Crippen LogP contribution < -0.4 is 10.2 Å². The Kier molecular flexibility index (Phi) is 4.13. The van der Waals surface area contributed by atoms with Crippen molar-refractivity contribution in [1.29, 1.82) is 0 Å². The summed E-state index contributed by atoms with van der Waals surface area (Å²) in [5, 5.41) is 2.70. The van der Waals surface area contributed by atoms with Crippen molar-refractivity contribution in [2.45, 2.75) is 6.42 Å². The predicted molar refractivity (Wildman–Crippen MR) is 97.9 cm³/mol. The third-order valence-electron chi connectivity index (χ3n) is 4.51. The largest absolute Gasteiger partial charge is 0.341 e. The molecule has 0 bridgehead atoms. The van der Waals surface area contributed by atoms with Crippen molar-refractivity contribution >= 4 is 23.0 Å². The topological polar surface area (TPSA) is 32.3 Å². The number of nitrogens with one attached hydrogen (secondary N) is 1. The highest BCUT2D eigenvalue weighted by Crippen LogP contribution is 2.34. The second kappa shape index (κ2) is 6.59. The van der Waals surface area contributed by atoms with Gasteiger partial charge in [-0.2, -0.15) is 0 Å². The molecule has 0 spiro atoms. The zero-order valence-corrected chi connectivity index (χ0v) is 13.9. The van der Waals surface area contributed by atoms with Crippen LogP contribution in [0.1, 0.15) is 15.9 Å². The first-order chi connectivity index (χ1) is 12.6. The van der Waals surface area contributed by atoms with E-state index in [2.05, 4.69) is 22.3 Å². The van der Waals surface area contributed by atoms with Gasteiger partial charge in [0.25, 0.3) is 5.91 Å². The molecule has 130 valence electrons. The Balaban J connectivity index is 1.50. The van der Waals surface area contributed by atoms with Gasteiger partial charge >= 0.3 is 0 Å². The molecule has 0 saturated carbocycles. The number of hydrogen-bond donors (Lipinski definition) is 1. The lowest BCUT2D eigenvalue weighted by Crippen LogP contribution is -2.14. The second-order valence-corrected chi connectivity index (χ2v) is 6.16. The molecule has 0 atom stereocenters. The number of hydrogen-bond acceptors (Lipinski definition) is 2. The number of rotatable bonds is 3. The Hall–Kier alpha value is -3.21. The van der Waals surface area contributed by atoms with Crippen LogP contribution >= 0.6 is 0 Å². The van der Waals surface area contributed by atoms with E-state index in [-0.39, 0.29) is 5.56 Å². The maximum Gasteiger partial charge on any atom is 0.255 e. The van der Waals surface area contributed by atoms with Crippen LogP contribution in [0, 0.1) is 11.6 Å².